The Labute approximate surface area is 111 Å². The van der Waals surface area contributed by atoms with Crippen LogP contribution in [0.4, 0.5) is 4.39 Å². The molecular formula is C13H19BrFNO. The van der Waals surface area contributed by atoms with E-state index in [0.717, 1.165) is 23.0 Å². The molecule has 1 aromatic carbocycles. The van der Waals surface area contributed by atoms with Gasteiger partial charge >= 0.3 is 0 Å². The maximum atomic E-state index is 13.0. The van der Waals surface area contributed by atoms with Crippen molar-refractivity contribution in [1.82, 2.24) is 5.32 Å². The first-order chi connectivity index (χ1) is 8.17. The zero-order valence-corrected chi connectivity index (χ0v) is 11.9. The van der Waals surface area contributed by atoms with Crippen molar-refractivity contribution < 1.29 is 9.13 Å². The molecule has 0 aliphatic heterocycles. The van der Waals surface area contributed by atoms with Gasteiger partial charge in [0.25, 0.3) is 0 Å². The minimum Gasteiger partial charge on any atom is -0.380 e. The summed E-state index contributed by atoms with van der Waals surface area (Å²) < 4.78 is 19.2. The summed E-state index contributed by atoms with van der Waals surface area (Å²) in [4.78, 5) is 0. The smallest absolute Gasteiger partial charge is 0.124 e. The Kier molecular flexibility index (Phi) is 6.70. The first kappa shape index (κ1) is 14.6. The van der Waals surface area contributed by atoms with Crippen LogP contribution in [-0.2, 0) is 11.2 Å². The molecule has 0 aromatic heterocycles. The Bertz CT molecular complexity index is 346. The third-order valence-electron chi connectivity index (χ3n) is 2.50. The average molecular weight is 304 g/mol. The molecule has 0 saturated carbocycles. The third kappa shape index (κ3) is 5.15. The highest BCUT2D eigenvalue weighted by Crippen LogP contribution is 2.19. The molecule has 0 heterocycles. The average Bonchev–Trinajstić information content (AvgIpc) is 2.29. The van der Waals surface area contributed by atoms with Gasteiger partial charge in [-0.15, -0.1) is 0 Å². The largest absolute Gasteiger partial charge is 0.380 e. The van der Waals surface area contributed by atoms with Gasteiger partial charge in [0.1, 0.15) is 5.82 Å². The number of rotatable bonds is 7. The first-order valence-corrected chi connectivity index (χ1v) is 6.71. The van der Waals surface area contributed by atoms with Crippen molar-refractivity contribution in [3.05, 3.63) is 34.1 Å². The van der Waals surface area contributed by atoms with E-state index >= 15 is 0 Å². The van der Waals surface area contributed by atoms with Gasteiger partial charge in [0.2, 0.25) is 0 Å². The second-order valence-electron chi connectivity index (χ2n) is 3.85. The standard InChI is InChI=1S/C13H19BrFNO/c1-3-16-12(9-17-4-2)7-10-5-6-11(15)8-13(10)14/h5-6,8,12,16H,3-4,7,9H2,1-2H3. The molecule has 0 aliphatic carbocycles. The van der Waals surface area contributed by atoms with E-state index in [2.05, 4.69) is 28.2 Å². The molecule has 0 saturated heterocycles. The maximum Gasteiger partial charge on any atom is 0.124 e. The summed E-state index contributed by atoms with van der Waals surface area (Å²) in [6, 6.07) is 5.07. The van der Waals surface area contributed by atoms with Crippen LogP contribution in [0, 0.1) is 5.82 Å². The fourth-order valence-corrected chi connectivity index (χ4v) is 2.20. The van der Waals surface area contributed by atoms with Gasteiger partial charge in [0, 0.05) is 17.1 Å². The van der Waals surface area contributed by atoms with E-state index in [1.807, 2.05) is 13.0 Å². The van der Waals surface area contributed by atoms with Crippen molar-refractivity contribution in [3.63, 3.8) is 0 Å². The molecule has 1 N–H and O–H groups in total. The van der Waals surface area contributed by atoms with E-state index < -0.39 is 0 Å². The fraction of sp³-hybridized carbons (Fsp3) is 0.538. The Morgan fingerprint density at radius 1 is 1.41 bits per heavy atom. The normalized spacial score (nSPS) is 12.7. The van der Waals surface area contributed by atoms with Crippen LogP contribution in [0.3, 0.4) is 0 Å². The molecule has 1 rings (SSSR count). The lowest BCUT2D eigenvalue weighted by molar-refractivity contribution is 0.123. The van der Waals surface area contributed by atoms with Crippen LogP contribution in [0.5, 0.6) is 0 Å². The summed E-state index contributed by atoms with van der Waals surface area (Å²) in [6.07, 6.45) is 0.828. The quantitative estimate of drug-likeness (QED) is 0.835. The van der Waals surface area contributed by atoms with E-state index in [-0.39, 0.29) is 11.9 Å². The van der Waals surface area contributed by atoms with Crippen molar-refractivity contribution in [2.45, 2.75) is 26.3 Å². The summed E-state index contributed by atoms with van der Waals surface area (Å²) >= 11 is 3.39. The van der Waals surface area contributed by atoms with Gasteiger partial charge in [0.15, 0.2) is 0 Å². The topological polar surface area (TPSA) is 21.3 Å². The molecule has 4 heteroatoms. The van der Waals surface area contributed by atoms with Crippen LogP contribution >= 0.6 is 15.9 Å². The lowest BCUT2D eigenvalue weighted by Crippen LogP contribution is -2.35. The van der Waals surface area contributed by atoms with E-state index in [1.54, 1.807) is 0 Å². The number of halogens is 2. The van der Waals surface area contributed by atoms with Gasteiger partial charge in [-0.3, -0.25) is 0 Å². The Hall–Kier alpha value is -0.450. The molecule has 2 nitrogen and oxygen atoms in total. The van der Waals surface area contributed by atoms with Crippen LogP contribution in [0.2, 0.25) is 0 Å². The highest BCUT2D eigenvalue weighted by molar-refractivity contribution is 9.10. The van der Waals surface area contributed by atoms with E-state index in [0.29, 0.717) is 13.2 Å². The summed E-state index contributed by atoms with van der Waals surface area (Å²) in [5, 5.41) is 3.37. The van der Waals surface area contributed by atoms with E-state index in [4.69, 9.17) is 4.74 Å². The first-order valence-electron chi connectivity index (χ1n) is 5.92. The minimum atomic E-state index is -0.217. The van der Waals surface area contributed by atoms with E-state index in [9.17, 15) is 4.39 Å². The summed E-state index contributed by atoms with van der Waals surface area (Å²) in [7, 11) is 0. The molecule has 0 amide bonds. The van der Waals surface area contributed by atoms with Crippen LogP contribution in [0.15, 0.2) is 22.7 Å². The Balaban J connectivity index is 2.64. The van der Waals surface area contributed by atoms with Crippen molar-refractivity contribution in [2.75, 3.05) is 19.8 Å². The monoisotopic (exact) mass is 303 g/mol. The fourth-order valence-electron chi connectivity index (χ4n) is 1.69. The van der Waals surface area contributed by atoms with Gasteiger partial charge in [0.05, 0.1) is 6.61 Å². The van der Waals surface area contributed by atoms with Crippen molar-refractivity contribution in [3.8, 4) is 0 Å². The van der Waals surface area contributed by atoms with Crippen LogP contribution in [-0.4, -0.2) is 25.8 Å². The SMILES string of the molecule is CCNC(COCC)Cc1ccc(F)cc1Br. The zero-order chi connectivity index (χ0) is 12.7. The minimum absolute atomic E-state index is 0.217. The molecule has 0 aliphatic rings. The molecule has 17 heavy (non-hydrogen) atoms. The predicted molar refractivity (Wildman–Crippen MR) is 71.8 cm³/mol. The van der Waals surface area contributed by atoms with E-state index in [1.165, 1.54) is 12.1 Å². The number of hydrogen-bond acceptors (Lipinski definition) is 2. The summed E-state index contributed by atoms with van der Waals surface area (Å²) in [5.41, 5.74) is 1.09. The summed E-state index contributed by atoms with van der Waals surface area (Å²) in [6.45, 7) is 6.34. The van der Waals surface area contributed by atoms with Crippen LogP contribution in [0.1, 0.15) is 19.4 Å². The molecule has 0 spiro atoms. The second kappa shape index (κ2) is 7.80. The highest BCUT2D eigenvalue weighted by atomic mass is 79.9. The van der Waals surface area contributed by atoms with Crippen molar-refractivity contribution in [2.24, 2.45) is 0 Å². The number of hydrogen-bond donors (Lipinski definition) is 1. The van der Waals surface area contributed by atoms with Crippen molar-refractivity contribution in [1.29, 1.82) is 0 Å². The van der Waals surface area contributed by atoms with Crippen molar-refractivity contribution >= 4 is 15.9 Å². The Morgan fingerprint density at radius 3 is 2.76 bits per heavy atom. The number of benzene rings is 1. The third-order valence-corrected chi connectivity index (χ3v) is 3.24. The van der Waals surface area contributed by atoms with Crippen LogP contribution in [0.25, 0.3) is 0 Å². The molecule has 1 atom stereocenters. The van der Waals surface area contributed by atoms with Gasteiger partial charge in [-0.2, -0.15) is 0 Å². The molecule has 0 radical (unpaired) electrons. The molecule has 1 aromatic rings. The number of ether oxygens (including phenoxy) is 1. The maximum absolute atomic E-state index is 13.0. The molecular weight excluding hydrogens is 285 g/mol. The Morgan fingerprint density at radius 2 is 2.18 bits per heavy atom. The van der Waals surface area contributed by atoms with Gasteiger partial charge < -0.3 is 10.1 Å². The van der Waals surface area contributed by atoms with Crippen LogP contribution < -0.4 is 5.32 Å². The predicted octanol–water partition coefficient (Wildman–Crippen LogP) is 3.15. The summed E-state index contributed by atoms with van der Waals surface area (Å²) in [5.74, 6) is -0.217. The highest BCUT2D eigenvalue weighted by Gasteiger charge is 2.11. The molecule has 0 fully saturated rings. The number of likely N-dealkylation sites (N-methyl/N-ethyl adjacent to an activating group) is 1. The van der Waals surface area contributed by atoms with Gasteiger partial charge in [-0.25, -0.2) is 4.39 Å². The van der Waals surface area contributed by atoms with Gasteiger partial charge in [-0.05, 0) is 37.6 Å². The second-order valence-corrected chi connectivity index (χ2v) is 4.71. The number of nitrogens with one attached hydrogen (secondary N) is 1. The lowest BCUT2D eigenvalue weighted by atomic mass is 10.1. The molecule has 0 bridgehead atoms. The molecule has 1 unspecified atom stereocenters. The zero-order valence-electron chi connectivity index (χ0n) is 10.3. The van der Waals surface area contributed by atoms with Gasteiger partial charge in [-0.1, -0.05) is 28.9 Å². The lowest BCUT2D eigenvalue weighted by Gasteiger charge is -2.18. The molecule has 96 valence electrons.